The van der Waals surface area contributed by atoms with Gasteiger partial charge in [-0.2, -0.15) is 0 Å². The number of nitrogens with one attached hydrogen (secondary N) is 1. The van der Waals surface area contributed by atoms with E-state index >= 15 is 0 Å². The summed E-state index contributed by atoms with van der Waals surface area (Å²) in [7, 11) is 0. The van der Waals surface area contributed by atoms with Crippen LogP contribution in [0.25, 0.3) is 0 Å². The second-order valence-corrected chi connectivity index (χ2v) is 6.13. The van der Waals surface area contributed by atoms with E-state index in [0.29, 0.717) is 43.9 Å². The average molecular weight is 319 g/mol. The van der Waals surface area contributed by atoms with Crippen LogP contribution in [0.5, 0.6) is 5.75 Å². The van der Waals surface area contributed by atoms with Crippen LogP contribution in [0.3, 0.4) is 0 Å². The van der Waals surface area contributed by atoms with E-state index in [1.165, 1.54) is 0 Å². The van der Waals surface area contributed by atoms with Crippen molar-refractivity contribution in [2.45, 2.75) is 31.8 Å². The fourth-order valence-electron chi connectivity index (χ4n) is 3.14. The Hall–Kier alpha value is -2.08. The number of carboxylic acid groups (broad SMARTS) is 1. The lowest BCUT2D eigenvalue weighted by Crippen LogP contribution is -2.23. The molecule has 0 spiro atoms. The van der Waals surface area contributed by atoms with Crippen LogP contribution >= 0.6 is 0 Å². The summed E-state index contributed by atoms with van der Waals surface area (Å²) in [4.78, 5) is 23.4. The van der Waals surface area contributed by atoms with E-state index < -0.39 is 11.9 Å². The zero-order valence-electron chi connectivity index (χ0n) is 12.9. The van der Waals surface area contributed by atoms with Gasteiger partial charge in [-0.3, -0.25) is 9.59 Å². The molecule has 1 saturated heterocycles. The zero-order chi connectivity index (χ0) is 16.2. The quantitative estimate of drug-likeness (QED) is 0.870. The van der Waals surface area contributed by atoms with E-state index in [1.54, 1.807) is 6.07 Å². The lowest BCUT2D eigenvalue weighted by atomic mass is 10.0. The Labute approximate surface area is 134 Å². The molecule has 2 aliphatic rings. The highest BCUT2D eigenvalue weighted by Gasteiger charge is 2.34. The molecule has 2 N–H and O–H groups in total. The average Bonchev–Trinajstić information content (AvgIpc) is 3.20. The van der Waals surface area contributed by atoms with Crippen LogP contribution in [0, 0.1) is 11.8 Å². The van der Waals surface area contributed by atoms with Gasteiger partial charge in [-0.05, 0) is 31.4 Å². The number of benzene rings is 1. The Morgan fingerprint density at radius 1 is 1.17 bits per heavy atom. The molecule has 124 valence electrons. The van der Waals surface area contributed by atoms with E-state index in [4.69, 9.17) is 14.6 Å². The number of ether oxygens (including phenoxy) is 2. The Morgan fingerprint density at radius 2 is 1.96 bits per heavy atom. The minimum atomic E-state index is -0.815. The van der Waals surface area contributed by atoms with Gasteiger partial charge in [0.25, 0.3) is 0 Å². The van der Waals surface area contributed by atoms with Gasteiger partial charge in [-0.1, -0.05) is 12.1 Å². The van der Waals surface area contributed by atoms with Crippen LogP contribution in [0.1, 0.15) is 25.7 Å². The molecule has 1 aromatic carbocycles. The van der Waals surface area contributed by atoms with Crippen molar-refractivity contribution in [3.63, 3.8) is 0 Å². The molecule has 1 aromatic rings. The second-order valence-electron chi connectivity index (χ2n) is 6.13. The van der Waals surface area contributed by atoms with Crippen LogP contribution in [-0.2, 0) is 14.3 Å². The number of para-hydroxylation sites is 2. The largest absolute Gasteiger partial charge is 0.486 e. The Bertz CT molecular complexity index is 582. The third kappa shape index (κ3) is 3.82. The minimum Gasteiger partial charge on any atom is -0.486 e. The van der Waals surface area contributed by atoms with Gasteiger partial charge in [0.2, 0.25) is 5.91 Å². The summed E-state index contributed by atoms with van der Waals surface area (Å²) >= 11 is 0. The Balaban J connectivity index is 1.63. The van der Waals surface area contributed by atoms with E-state index in [9.17, 15) is 9.59 Å². The number of carboxylic acids is 1. The second kappa shape index (κ2) is 7.00. The van der Waals surface area contributed by atoms with Crippen molar-refractivity contribution < 1.29 is 24.2 Å². The fourth-order valence-corrected chi connectivity index (χ4v) is 3.14. The molecule has 6 nitrogen and oxygen atoms in total. The van der Waals surface area contributed by atoms with Gasteiger partial charge in [0.15, 0.2) is 0 Å². The van der Waals surface area contributed by atoms with Crippen LogP contribution in [0.4, 0.5) is 5.69 Å². The van der Waals surface area contributed by atoms with E-state index in [-0.39, 0.29) is 17.9 Å². The molecule has 0 bridgehead atoms. The van der Waals surface area contributed by atoms with Gasteiger partial charge < -0.3 is 19.9 Å². The molecule has 1 unspecified atom stereocenters. The summed E-state index contributed by atoms with van der Waals surface area (Å²) in [5.74, 6) is -0.978. The summed E-state index contributed by atoms with van der Waals surface area (Å²) in [5, 5.41) is 11.9. The van der Waals surface area contributed by atoms with Gasteiger partial charge >= 0.3 is 5.97 Å². The van der Waals surface area contributed by atoms with Gasteiger partial charge in [0, 0.05) is 12.3 Å². The fraction of sp³-hybridized carbons (Fsp3) is 0.529. The van der Waals surface area contributed by atoms with Crippen molar-refractivity contribution in [2.75, 3.05) is 18.5 Å². The number of carbonyl (C=O) groups excluding carboxylic acids is 1. The highest BCUT2D eigenvalue weighted by atomic mass is 16.5. The maximum Gasteiger partial charge on any atom is 0.306 e. The number of rotatable bonds is 5. The maximum absolute atomic E-state index is 12.4. The minimum absolute atomic E-state index is 0.0101. The Morgan fingerprint density at radius 3 is 2.65 bits per heavy atom. The van der Waals surface area contributed by atoms with E-state index in [2.05, 4.69) is 5.32 Å². The highest BCUT2D eigenvalue weighted by Crippen LogP contribution is 2.33. The molecule has 0 radical (unpaired) electrons. The molecule has 1 heterocycles. The number of hydrogen-bond donors (Lipinski definition) is 2. The molecule has 2 fully saturated rings. The van der Waals surface area contributed by atoms with Crippen LogP contribution in [-0.4, -0.2) is 36.3 Å². The molecule has 1 saturated carbocycles. The molecule has 1 aliphatic carbocycles. The molecule has 1 amide bonds. The highest BCUT2D eigenvalue weighted by molar-refractivity contribution is 5.94. The van der Waals surface area contributed by atoms with Crippen molar-refractivity contribution in [3.8, 4) is 5.75 Å². The molecule has 23 heavy (non-hydrogen) atoms. The first kappa shape index (κ1) is 15.8. The first-order valence-electron chi connectivity index (χ1n) is 8.00. The van der Waals surface area contributed by atoms with Crippen LogP contribution in [0.15, 0.2) is 24.3 Å². The molecule has 0 aromatic heterocycles. The monoisotopic (exact) mass is 319 g/mol. The van der Waals surface area contributed by atoms with Crippen molar-refractivity contribution in [3.05, 3.63) is 24.3 Å². The third-order valence-electron chi connectivity index (χ3n) is 4.48. The topological polar surface area (TPSA) is 84.9 Å². The molecular weight excluding hydrogens is 298 g/mol. The number of hydrogen-bond acceptors (Lipinski definition) is 4. The van der Waals surface area contributed by atoms with E-state index in [1.807, 2.05) is 18.2 Å². The first-order valence-corrected chi connectivity index (χ1v) is 8.00. The molecular formula is C17H21NO5. The third-order valence-corrected chi connectivity index (χ3v) is 4.48. The smallest absolute Gasteiger partial charge is 0.306 e. The molecule has 1 aliphatic heterocycles. The number of amides is 1. The van der Waals surface area contributed by atoms with Crippen molar-refractivity contribution >= 4 is 17.6 Å². The van der Waals surface area contributed by atoms with Gasteiger partial charge in [0.1, 0.15) is 11.9 Å². The summed E-state index contributed by atoms with van der Waals surface area (Å²) in [6.45, 7) is 1.25. The van der Waals surface area contributed by atoms with Crippen molar-refractivity contribution in [1.82, 2.24) is 0 Å². The normalized spacial score (nSPS) is 26.9. The van der Waals surface area contributed by atoms with Crippen molar-refractivity contribution in [2.24, 2.45) is 11.8 Å². The summed E-state index contributed by atoms with van der Waals surface area (Å²) in [5.41, 5.74) is 0.628. The zero-order valence-corrected chi connectivity index (χ0v) is 12.9. The van der Waals surface area contributed by atoms with Gasteiger partial charge in [-0.25, -0.2) is 0 Å². The SMILES string of the molecule is O=C(O)[C@@H]1CC[C@H](C(=O)Nc2ccccc2OC2CCOC2)C1. The number of anilines is 1. The lowest BCUT2D eigenvalue weighted by Gasteiger charge is -2.17. The predicted molar refractivity (Wildman–Crippen MR) is 83.4 cm³/mol. The lowest BCUT2D eigenvalue weighted by molar-refractivity contribution is -0.141. The molecule has 3 atom stereocenters. The predicted octanol–water partition coefficient (Wildman–Crippen LogP) is 2.29. The van der Waals surface area contributed by atoms with Crippen molar-refractivity contribution in [1.29, 1.82) is 0 Å². The standard InChI is InChI=1S/C17H21NO5/c19-16(11-5-6-12(9-11)17(20)21)18-14-3-1-2-4-15(14)23-13-7-8-22-10-13/h1-4,11-13H,5-10H2,(H,18,19)(H,20,21)/t11-,12+,13?/m0/s1. The Kier molecular flexibility index (Phi) is 4.81. The summed E-state index contributed by atoms with van der Waals surface area (Å²) < 4.78 is 11.2. The van der Waals surface area contributed by atoms with E-state index in [0.717, 1.165) is 6.42 Å². The number of aliphatic carboxylic acids is 1. The van der Waals surface area contributed by atoms with Crippen LogP contribution in [0.2, 0.25) is 0 Å². The summed E-state index contributed by atoms with van der Waals surface area (Å²) in [6.07, 6.45) is 2.43. The maximum atomic E-state index is 12.4. The summed E-state index contributed by atoms with van der Waals surface area (Å²) in [6, 6.07) is 7.31. The van der Waals surface area contributed by atoms with Gasteiger partial charge in [0.05, 0.1) is 24.8 Å². The first-order chi connectivity index (χ1) is 11.1. The molecule has 6 heteroatoms. The molecule has 3 rings (SSSR count). The number of carbonyl (C=O) groups is 2. The van der Waals surface area contributed by atoms with Crippen LogP contribution < -0.4 is 10.1 Å². The van der Waals surface area contributed by atoms with Gasteiger partial charge in [-0.15, -0.1) is 0 Å².